The molecule has 0 radical (unpaired) electrons. The highest BCUT2D eigenvalue weighted by atomic mass is 35.5. The first-order chi connectivity index (χ1) is 6.32. The van der Waals surface area contributed by atoms with Gasteiger partial charge in [0.25, 0.3) is 0 Å². The second-order valence-corrected chi connectivity index (χ2v) is 5.92. The molecule has 1 unspecified atom stereocenters. The summed E-state index contributed by atoms with van der Waals surface area (Å²) in [4.78, 5) is 7.34. The Morgan fingerprint density at radius 3 is 2.43 bits per heavy atom. The number of sulfone groups is 1. The maximum absolute atomic E-state index is 11.2. The summed E-state index contributed by atoms with van der Waals surface area (Å²) in [5.41, 5.74) is 0.360. The lowest BCUT2D eigenvalue weighted by atomic mass is 10.3. The van der Waals surface area contributed by atoms with Crippen LogP contribution in [0.5, 0.6) is 0 Å². The standard InChI is InChI=1S/C7H8Cl2N2O2S/c1-4(14(2,12)13)5-3-10-7(9)11-6(5)8/h3-4H,1-2H3. The van der Waals surface area contributed by atoms with Crippen molar-refractivity contribution in [1.82, 2.24) is 9.97 Å². The summed E-state index contributed by atoms with van der Waals surface area (Å²) in [6.45, 7) is 1.52. The predicted octanol–water partition coefficient (Wildman–Crippen LogP) is 1.89. The van der Waals surface area contributed by atoms with E-state index in [1.807, 2.05) is 0 Å². The molecule has 14 heavy (non-hydrogen) atoms. The summed E-state index contributed by atoms with van der Waals surface area (Å²) in [7, 11) is -3.20. The number of aromatic nitrogens is 2. The fourth-order valence-corrected chi connectivity index (χ4v) is 2.02. The molecule has 0 fully saturated rings. The van der Waals surface area contributed by atoms with Crippen molar-refractivity contribution in [2.24, 2.45) is 0 Å². The third-order valence-electron chi connectivity index (χ3n) is 1.82. The van der Waals surface area contributed by atoms with Crippen molar-refractivity contribution in [3.8, 4) is 0 Å². The Balaban J connectivity index is 3.21. The second-order valence-electron chi connectivity index (χ2n) is 2.86. The molecule has 1 heterocycles. The van der Waals surface area contributed by atoms with Gasteiger partial charge in [0.1, 0.15) is 5.15 Å². The van der Waals surface area contributed by atoms with Gasteiger partial charge in [0.05, 0.1) is 5.25 Å². The Hall–Kier alpha value is -0.390. The van der Waals surface area contributed by atoms with Crippen LogP contribution in [0.1, 0.15) is 17.7 Å². The van der Waals surface area contributed by atoms with Gasteiger partial charge in [-0.3, -0.25) is 0 Å². The average Bonchev–Trinajstić information content (AvgIpc) is 2.01. The minimum absolute atomic E-state index is 0.000508. The molecule has 0 aliphatic rings. The van der Waals surface area contributed by atoms with Crippen LogP contribution >= 0.6 is 23.2 Å². The van der Waals surface area contributed by atoms with Gasteiger partial charge in [-0.05, 0) is 18.5 Å². The molecule has 1 rings (SSSR count). The van der Waals surface area contributed by atoms with E-state index < -0.39 is 15.1 Å². The minimum Gasteiger partial charge on any atom is -0.228 e. The van der Waals surface area contributed by atoms with Gasteiger partial charge >= 0.3 is 0 Å². The number of nitrogens with zero attached hydrogens (tertiary/aromatic N) is 2. The Morgan fingerprint density at radius 1 is 1.43 bits per heavy atom. The molecule has 0 aromatic carbocycles. The quantitative estimate of drug-likeness (QED) is 0.598. The Kier molecular flexibility index (Phi) is 3.34. The van der Waals surface area contributed by atoms with Crippen LogP contribution in [0.25, 0.3) is 0 Å². The third-order valence-corrected chi connectivity index (χ3v) is 3.84. The molecule has 0 saturated heterocycles. The van der Waals surface area contributed by atoms with Crippen molar-refractivity contribution in [3.05, 3.63) is 22.2 Å². The smallest absolute Gasteiger partial charge is 0.223 e. The van der Waals surface area contributed by atoms with Gasteiger partial charge in [0.15, 0.2) is 9.84 Å². The zero-order valence-electron chi connectivity index (χ0n) is 7.53. The number of rotatable bonds is 2. The summed E-state index contributed by atoms with van der Waals surface area (Å²) in [5, 5.41) is -0.658. The van der Waals surface area contributed by atoms with Crippen LogP contribution in [-0.2, 0) is 9.84 Å². The molecule has 0 N–H and O–H groups in total. The van der Waals surface area contributed by atoms with Crippen molar-refractivity contribution < 1.29 is 8.42 Å². The molecule has 0 amide bonds. The van der Waals surface area contributed by atoms with E-state index in [-0.39, 0.29) is 10.4 Å². The van der Waals surface area contributed by atoms with Gasteiger partial charge in [-0.25, -0.2) is 18.4 Å². The summed E-state index contributed by atoms with van der Waals surface area (Å²) < 4.78 is 22.4. The number of halogens is 2. The molecule has 0 bridgehead atoms. The minimum atomic E-state index is -3.20. The monoisotopic (exact) mass is 254 g/mol. The molecule has 0 saturated carbocycles. The first-order valence-corrected chi connectivity index (χ1v) is 6.40. The van der Waals surface area contributed by atoms with Gasteiger partial charge in [0.2, 0.25) is 5.28 Å². The summed E-state index contributed by atoms with van der Waals surface area (Å²) in [5.74, 6) is 0. The Morgan fingerprint density at radius 2 is 2.00 bits per heavy atom. The topological polar surface area (TPSA) is 59.9 Å². The number of hydrogen-bond acceptors (Lipinski definition) is 4. The number of hydrogen-bond donors (Lipinski definition) is 0. The molecule has 7 heteroatoms. The lowest BCUT2D eigenvalue weighted by molar-refractivity contribution is 0.592. The van der Waals surface area contributed by atoms with Crippen LogP contribution in [0.4, 0.5) is 0 Å². The molecule has 0 aliphatic carbocycles. The van der Waals surface area contributed by atoms with Gasteiger partial charge in [0, 0.05) is 18.0 Å². The van der Waals surface area contributed by atoms with Crippen LogP contribution < -0.4 is 0 Å². The molecular formula is C7H8Cl2N2O2S. The molecule has 4 nitrogen and oxygen atoms in total. The maximum atomic E-state index is 11.2. The summed E-state index contributed by atoms with van der Waals surface area (Å²) in [6, 6.07) is 0. The van der Waals surface area contributed by atoms with Crippen molar-refractivity contribution in [2.45, 2.75) is 12.2 Å². The molecule has 0 aliphatic heterocycles. The Bertz CT molecular complexity index is 447. The summed E-state index contributed by atoms with van der Waals surface area (Å²) >= 11 is 11.2. The SMILES string of the molecule is CC(c1cnc(Cl)nc1Cl)S(C)(=O)=O. The van der Waals surface area contributed by atoms with E-state index in [9.17, 15) is 8.42 Å². The van der Waals surface area contributed by atoms with Crippen molar-refractivity contribution in [1.29, 1.82) is 0 Å². The normalized spacial score (nSPS) is 14.0. The summed E-state index contributed by atoms with van der Waals surface area (Å²) in [6.07, 6.45) is 2.45. The highest BCUT2D eigenvalue weighted by molar-refractivity contribution is 7.90. The van der Waals surface area contributed by atoms with Crippen molar-refractivity contribution in [2.75, 3.05) is 6.26 Å². The van der Waals surface area contributed by atoms with Crippen molar-refractivity contribution >= 4 is 33.0 Å². The van der Waals surface area contributed by atoms with Crippen molar-refractivity contribution in [3.63, 3.8) is 0 Å². The largest absolute Gasteiger partial charge is 0.228 e. The van der Waals surface area contributed by atoms with E-state index in [1.54, 1.807) is 0 Å². The van der Waals surface area contributed by atoms with E-state index in [0.717, 1.165) is 6.26 Å². The molecule has 1 aromatic heterocycles. The maximum Gasteiger partial charge on any atom is 0.223 e. The van der Waals surface area contributed by atoms with E-state index >= 15 is 0 Å². The first kappa shape index (κ1) is 11.7. The molecular weight excluding hydrogens is 247 g/mol. The predicted molar refractivity (Wildman–Crippen MR) is 55.3 cm³/mol. The van der Waals surface area contributed by atoms with E-state index in [4.69, 9.17) is 23.2 Å². The molecule has 1 atom stereocenters. The van der Waals surface area contributed by atoms with Gasteiger partial charge in [-0.2, -0.15) is 0 Å². The molecule has 1 aromatic rings. The van der Waals surface area contributed by atoms with E-state index in [0.29, 0.717) is 5.56 Å². The highest BCUT2D eigenvalue weighted by Crippen LogP contribution is 2.26. The average molecular weight is 255 g/mol. The van der Waals surface area contributed by atoms with E-state index in [1.165, 1.54) is 13.1 Å². The fraction of sp³-hybridized carbons (Fsp3) is 0.429. The van der Waals surface area contributed by atoms with Gasteiger partial charge in [-0.1, -0.05) is 11.6 Å². The van der Waals surface area contributed by atoms with Crippen LogP contribution in [0.15, 0.2) is 6.20 Å². The molecule has 78 valence electrons. The second kappa shape index (κ2) is 4.00. The fourth-order valence-electron chi connectivity index (χ4n) is 0.854. The third kappa shape index (κ3) is 2.56. The van der Waals surface area contributed by atoms with Crippen LogP contribution in [0.3, 0.4) is 0 Å². The van der Waals surface area contributed by atoms with Gasteiger partial charge in [-0.15, -0.1) is 0 Å². The van der Waals surface area contributed by atoms with E-state index in [2.05, 4.69) is 9.97 Å². The van der Waals surface area contributed by atoms with Gasteiger partial charge < -0.3 is 0 Å². The highest BCUT2D eigenvalue weighted by Gasteiger charge is 2.21. The van der Waals surface area contributed by atoms with Crippen LogP contribution in [-0.4, -0.2) is 24.6 Å². The lowest BCUT2D eigenvalue weighted by Crippen LogP contribution is -2.09. The Labute approximate surface area is 92.2 Å². The zero-order valence-corrected chi connectivity index (χ0v) is 9.86. The zero-order chi connectivity index (χ0) is 10.9. The lowest BCUT2D eigenvalue weighted by Gasteiger charge is -2.09. The van der Waals surface area contributed by atoms with Crippen LogP contribution in [0, 0.1) is 0 Å². The molecule has 0 spiro atoms. The van der Waals surface area contributed by atoms with Crippen LogP contribution in [0.2, 0.25) is 10.4 Å². The first-order valence-electron chi connectivity index (χ1n) is 3.69.